The third kappa shape index (κ3) is 2.34. The second-order valence-corrected chi connectivity index (χ2v) is 2.84. The molecule has 3 N–H and O–H groups in total. The number of amides is 1. The third-order valence-electron chi connectivity index (χ3n) is 1.54. The maximum atomic E-state index is 10.7. The molecule has 1 aliphatic heterocycles. The van der Waals surface area contributed by atoms with Crippen molar-refractivity contribution in [3.8, 4) is 0 Å². The molecule has 5 heteroatoms. The first-order valence-electron chi connectivity index (χ1n) is 3.47. The lowest BCUT2D eigenvalue weighted by Gasteiger charge is -2.11. The minimum Gasteiger partial charge on any atom is -0.366 e. The molecule has 0 aromatic heterocycles. The van der Waals surface area contributed by atoms with Crippen molar-refractivity contribution in [2.45, 2.75) is 12.5 Å². The first kappa shape index (κ1) is 8.26. The lowest BCUT2D eigenvalue weighted by Crippen LogP contribution is -2.41. The van der Waals surface area contributed by atoms with E-state index in [0.29, 0.717) is 18.1 Å². The highest BCUT2D eigenvalue weighted by Gasteiger charge is 2.21. The number of carbonyl (C=O) groups is 1. The normalized spacial score (nSPS) is 22.6. The first-order chi connectivity index (χ1) is 5.22. The molecule has 1 amide bonds. The van der Waals surface area contributed by atoms with Gasteiger partial charge in [0.1, 0.15) is 0 Å². The molecule has 0 spiro atoms. The van der Waals surface area contributed by atoms with Crippen LogP contribution in [0, 0.1) is 0 Å². The van der Waals surface area contributed by atoms with Gasteiger partial charge in [0, 0.05) is 20.0 Å². The summed E-state index contributed by atoms with van der Waals surface area (Å²) in [5.74, 6) is 0.0846. The highest BCUT2D eigenvalue weighted by atomic mass is 32.1. The van der Waals surface area contributed by atoms with E-state index in [1.807, 2.05) is 0 Å². The summed E-state index contributed by atoms with van der Waals surface area (Å²) < 4.78 is 0. The molecular formula is C6H11N3OS. The maximum absolute atomic E-state index is 10.7. The molecule has 62 valence electrons. The van der Waals surface area contributed by atoms with Crippen LogP contribution in [-0.4, -0.2) is 30.7 Å². The average Bonchev–Trinajstić information content (AvgIpc) is 2.35. The molecule has 0 aliphatic carbocycles. The van der Waals surface area contributed by atoms with Crippen LogP contribution in [0.25, 0.3) is 0 Å². The number of hydrogen-bond donors (Lipinski definition) is 3. The molecule has 1 unspecified atom stereocenters. The van der Waals surface area contributed by atoms with Crippen molar-refractivity contribution >= 4 is 23.2 Å². The highest BCUT2D eigenvalue weighted by Crippen LogP contribution is 1.97. The van der Waals surface area contributed by atoms with E-state index < -0.39 is 0 Å². The van der Waals surface area contributed by atoms with Crippen molar-refractivity contribution in [2.75, 3.05) is 13.6 Å². The van der Waals surface area contributed by atoms with Crippen LogP contribution in [0.1, 0.15) is 6.42 Å². The lowest BCUT2D eigenvalue weighted by molar-refractivity contribution is -0.119. The quantitative estimate of drug-likeness (QED) is 0.444. The Hall–Kier alpha value is -0.840. The zero-order valence-corrected chi connectivity index (χ0v) is 7.12. The van der Waals surface area contributed by atoms with Crippen LogP contribution in [0.5, 0.6) is 0 Å². The molecule has 1 rings (SSSR count). The van der Waals surface area contributed by atoms with Gasteiger partial charge in [-0.1, -0.05) is 0 Å². The predicted molar refractivity (Wildman–Crippen MR) is 46.2 cm³/mol. The summed E-state index contributed by atoms with van der Waals surface area (Å²) in [7, 11) is 1.75. The SMILES string of the molecule is CNC(=S)NC1CNC(=O)C1. The Kier molecular flexibility index (Phi) is 2.64. The predicted octanol–water partition coefficient (Wildman–Crippen LogP) is -1.03. The summed E-state index contributed by atoms with van der Waals surface area (Å²) in [4.78, 5) is 10.7. The molecule has 0 bridgehead atoms. The molecule has 0 aromatic rings. The van der Waals surface area contributed by atoms with E-state index in [4.69, 9.17) is 12.2 Å². The highest BCUT2D eigenvalue weighted by molar-refractivity contribution is 7.80. The van der Waals surface area contributed by atoms with Gasteiger partial charge in [0.05, 0.1) is 6.04 Å². The van der Waals surface area contributed by atoms with Gasteiger partial charge in [-0.3, -0.25) is 4.79 Å². The maximum Gasteiger partial charge on any atom is 0.222 e. The summed E-state index contributed by atoms with van der Waals surface area (Å²) in [6.07, 6.45) is 0.516. The molecule has 1 fully saturated rings. The van der Waals surface area contributed by atoms with E-state index in [1.165, 1.54) is 0 Å². The number of nitrogens with one attached hydrogen (secondary N) is 3. The van der Waals surface area contributed by atoms with Gasteiger partial charge in [-0.05, 0) is 12.2 Å². The Labute approximate surface area is 70.7 Å². The lowest BCUT2D eigenvalue weighted by atomic mass is 10.3. The summed E-state index contributed by atoms with van der Waals surface area (Å²) in [6, 6.07) is 0.155. The molecule has 0 radical (unpaired) electrons. The topological polar surface area (TPSA) is 53.2 Å². The fourth-order valence-corrected chi connectivity index (χ4v) is 1.13. The van der Waals surface area contributed by atoms with Crippen molar-refractivity contribution in [1.82, 2.24) is 16.0 Å². The largest absolute Gasteiger partial charge is 0.366 e. The van der Waals surface area contributed by atoms with E-state index in [-0.39, 0.29) is 11.9 Å². The van der Waals surface area contributed by atoms with Crippen LogP contribution in [0.3, 0.4) is 0 Å². The van der Waals surface area contributed by atoms with Crippen LogP contribution >= 0.6 is 12.2 Å². The van der Waals surface area contributed by atoms with Crippen LogP contribution in [-0.2, 0) is 4.79 Å². The van der Waals surface area contributed by atoms with Crippen LogP contribution in [0.2, 0.25) is 0 Å². The van der Waals surface area contributed by atoms with Crippen LogP contribution < -0.4 is 16.0 Å². The molecular weight excluding hydrogens is 162 g/mol. The fourth-order valence-electron chi connectivity index (χ4n) is 0.965. The van der Waals surface area contributed by atoms with Gasteiger partial charge in [0.2, 0.25) is 5.91 Å². The summed E-state index contributed by atoms with van der Waals surface area (Å²) in [6.45, 7) is 0.667. The third-order valence-corrected chi connectivity index (χ3v) is 1.86. The van der Waals surface area contributed by atoms with E-state index >= 15 is 0 Å². The fraction of sp³-hybridized carbons (Fsp3) is 0.667. The van der Waals surface area contributed by atoms with Crippen LogP contribution in [0.4, 0.5) is 0 Å². The number of rotatable bonds is 1. The zero-order chi connectivity index (χ0) is 8.27. The second-order valence-electron chi connectivity index (χ2n) is 2.43. The molecule has 11 heavy (non-hydrogen) atoms. The van der Waals surface area contributed by atoms with E-state index in [1.54, 1.807) is 7.05 Å². The van der Waals surface area contributed by atoms with Crippen molar-refractivity contribution in [2.24, 2.45) is 0 Å². The van der Waals surface area contributed by atoms with Crippen molar-refractivity contribution in [3.05, 3.63) is 0 Å². The minimum absolute atomic E-state index is 0.0846. The van der Waals surface area contributed by atoms with E-state index in [9.17, 15) is 4.79 Å². The van der Waals surface area contributed by atoms with Gasteiger partial charge < -0.3 is 16.0 Å². The molecule has 1 aliphatic rings. The van der Waals surface area contributed by atoms with E-state index in [2.05, 4.69) is 16.0 Å². The van der Waals surface area contributed by atoms with Crippen molar-refractivity contribution in [1.29, 1.82) is 0 Å². The Morgan fingerprint density at radius 1 is 1.82 bits per heavy atom. The van der Waals surface area contributed by atoms with Gasteiger partial charge in [0.15, 0.2) is 5.11 Å². The molecule has 1 atom stereocenters. The van der Waals surface area contributed by atoms with Crippen molar-refractivity contribution in [3.63, 3.8) is 0 Å². The van der Waals surface area contributed by atoms with Gasteiger partial charge in [-0.15, -0.1) is 0 Å². The Bertz CT molecular complexity index is 183. The monoisotopic (exact) mass is 173 g/mol. The smallest absolute Gasteiger partial charge is 0.222 e. The second kappa shape index (κ2) is 3.52. The molecule has 1 saturated heterocycles. The average molecular weight is 173 g/mol. The summed E-state index contributed by atoms with van der Waals surface area (Å²) in [5, 5.41) is 9.08. The first-order valence-corrected chi connectivity index (χ1v) is 3.88. The molecule has 0 saturated carbocycles. The Morgan fingerprint density at radius 3 is 3.00 bits per heavy atom. The number of carbonyl (C=O) groups excluding carboxylic acids is 1. The number of hydrogen-bond acceptors (Lipinski definition) is 2. The van der Waals surface area contributed by atoms with Crippen molar-refractivity contribution < 1.29 is 4.79 Å². The Balaban J connectivity index is 2.28. The van der Waals surface area contributed by atoms with Gasteiger partial charge >= 0.3 is 0 Å². The summed E-state index contributed by atoms with van der Waals surface area (Å²) >= 11 is 4.87. The number of thiocarbonyl (C=S) groups is 1. The summed E-state index contributed by atoms with van der Waals surface area (Å²) in [5.41, 5.74) is 0. The Morgan fingerprint density at radius 2 is 2.55 bits per heavy atom. The molecule has 1 heterocycles. The minimum atomic E-state index is 0.0846. The van der Waals surface area contributed by atoms with E-state index in [0.717, 1.165) is 0 Å². The molecule has 0 aromatic carbocycles. The standard InChI is InChI=1S/C6H11N3OS/c1-7-6(11)9-4-2-5(10)8-3-4/h4H,2-3H2,1H3,(H,8,10)(H2,7,9,11). The van der Waals surface area contributed by atoms with Gasteiger partial charge in [-0.25, -0.2) is 0 Å². The van der Waals surface area contributed by atoms with Gasteiger partial charge in [-0.2, -0.15) is 0 Å². The molecule has 4 nitrogen and oxygen atoms in total. The van der Waals surface area contributed by atoms with Crippen LogP contribution in [0.15, 0.2) is 0 Å². The van der Waals surface area contributed by atoms with Gasteiger partial charge in [0.25, 0.3) is 0 Å². The zero-order valence-electron chi connectivity index (χ0n) is 6.31.